The maximum Gasteiger partial charge on any atom is 0.506 e. The maximum atomic E-state index is 10.5. The van der Waals surface area contributed by atoms with Crippen molar-refractivity contribution >= 4 is 6.16 Å². The Morgan fingerprint density at radius 3 is 2.12 bits per heavy atom. The number of hydrogen-bond donors (Lipinski definition) is 1. The van der Waals surface area contributed by atoms with Crippen LogP contribution in [0, 0.1) is 0 Å². The number of rotatable bonds is 14. The lowest BCUT2D eigenvalue weighted by Gasteiger charge is -2.11. The zero-order valence-electron chi connectivity index (χ0n) is 15.0. The van der Waals surface area contributed by atoms with Crippen molar-refractivity contribution in [2.45, 2.75) is 77.7 Å². The molecule has 1 rings (SSSR count). The molecule has 0 bridgehead atoms. The number of carbonyl (C=O) groups is 1. The zero-order chi connectivity index (χ0) is 17.5. The lowest BCUT2D eigenvalue weighted by molar-refractivity contribution is 0.0845. The SMILES string of the molecule is CCCCCCCCCCCCOc1ccccc1COC(=O)O. The fraction of sp³-hybridized carbons (Fsp3) is 0.650. The summed E-state index contributed by atoms with van der Waals surface area (Å²) in [5.41, 5.74) is 0.770. The van der Waals surface area contributed by atoms with Crippen molar-refractivity contribution in [1.29, 1.82) is 0 Å². The van der Waals surface area contributed by atoms with E-state index in [0.717, 1.165) is 17.7 Å². The molecule has 0 unspecified atom stereocenters. The molecule has 1 aromatic carbocycles. The molecule has 0 aliphatic heterocycles. The van der Waals surface area contributed by atoms with Crippen LogP contribution < -0.4 is 4.74 Å². The molecule has 4 heteroatoms. The highest BCUT2D eigenvalue weighted by molar-refractivity contribution is 5.57. The van der Waals surface area contributed by atoms with Crippen molar-refractivity contribution in [2.75, 3.05) is 6.61 Å². The molecule has 0 saturated carbocycles. The largest absolute Gasteiger partial charge is 0.506 e. The lowest BCUT2D eigenvalue weighted by atomic mass is 10.1. The Kier molecular flexibility index (Phi) is 11.6. The Balaban J connectivity index is 2.06. The molecule has 4 nitrogen and oxygen atoms in total. The van der Waals surface area contributed by atoms with Gasteiger partial charge < -0.3 is 14.6 Å². The van der Waals surface area contributed by atoms with Gasteiger partial charge in [-0.3, -0.25) is 0 Å². The van der Waals surface area contributed by atoms with Crippen LogP contribution in [0.2, 0.25) is 0 Å². The van der Waals surface area contributed by atoms with Crippen molar-refractivity contribution in [2.24, 2.45) is 0 Å². The first kappa shape index (κ1) is 20.3. The topological polar surface area (TPSA) is 55.8 Å². The highest BCUT2D eigenvalue weighted by Crippen LogP contribution is 2.19. The summed E-state index contributed by atoms with van der Waals surface area (Å²) in [7, 11) is 0. The van der Waals surface area contributed by atoms with Crippen molar-refractivity contribution in [3.05, 3.63) is 29.8 Å². The zero-order valence-corrected chi connectivity index (χ0v) is 15.0. The van der Waals surface area contributed by atoms with Gasteiger partial charge in [-0.05, 0) is 12.5 Å². The summed E-state index contributed by atoms with van der Waals surface area (Å²) >= 11 is 0. The van der Waals surface area contributed by atoms with Gasteiger partial charge in [-0.25, -0.2) is 4.79 Å². The minimum atomic E-state index is -1.26. The van der Waals surface area contributed by atoms with Gasteiger partial charge in [-0.15, -0.1) is 0 Å². The monoisotopic (exact) mass is 336 g/mol. The van der Waals surface area contributed by atoms with Gasteiger partial charge in [0.05, 0.1) is 6.61 Å². The van der Waals surface area contributed by atoms with Crippen molar-refractivity contribution in [3.8, 4) is 5.75 Å². The number of ether oxygens (including phenoxy) is 2. The van der Waals surface area contributed by atoms with Crippen LogP contribution in [0.1, 0.15) is 76.7 Å². The Morgan fingerprint density at radius 2 is 1.50 bits per heavy atom. The van der Waals surface area contributed by atoms with Crippen LogP contribution in [-0.4, -0.2) is 17.9 Å². The molecule has 0 aliphatic rings. The van der Waals surface area contributed by atoms with E-state index < -0.39 is 6.16 Å². The molecule has 0 fully saturated rings. The highest BCUT2D eigenvalue weighted by Gasteiger charge is 2.05. The smallest absolute Gasteiger partial charge is 0.493 e. The molecular formula is C20H32O4. The molecule has 1 N–H and O–H groups in total. The van der Waals surface area contributed by atoms with E-state index in [1.807, 2.05) is 24.3 Å². The van der Waals surface area contributed by atoms with Gasteiger partial charge in [0, 0.05) is 5.56 Å². The lowest BCUT2D eigenvalue weighted by Crippen LogP contribution is -2.04. The fourth-order valence-corrected chi connectivity index (χ4v) is 2.67. The van der Waals surface area contributed by atoms with Crippen molar-refractivity contribution < 1.29 is 19.4 Å². The summed E-state index contributed by atoms with van der Waals surface area (Å²) in [6.45, 7) is 2.95. The summed E-state index contributed by atoms with van der Waals surface area (Å²) in [5.74, 6) is 0.717. The van der Waals surface area contributed by atoms with Gasteiger partial charge in [0.15, 0.2) is 0 Å². The molecule has 136 valence electrons. The second kappa shape index (κ2) is 13.7. The standard InChI is InChI=1S/C20H32O4/c1-2-3-4-5-6-7-8-9-10-13-16-23-19-15-12-11-14-18(19)17-24-20(21)22/h11-12,14-15H,2-10,13,16-17H2,1H3,(H,21,22). The van der Waals surface area contributed by atoms with Crippen LogP contribution in [0.5, 0.6) is 5.75 Å². The Hall–Kier alpha value is -1.71. The van der Waals surface area contributed by atoms with E-state index in [2.05, 4.69) is 11.7 Å². The van der Waals surface area contributed by atoms with Crippen LogP contribution >= 0.6 is 0 Å². The van der Waals surface area contributed by atoms with Gasteiger partial charge in [0.1, 0.15) is 12.4 Å². The second-order valence-electron chi connectivity index (χ2n) is 6.19. The molecule has 0 spiro atoms. The molecule has 0 aromatic heterocycles. The third kappa shape index (κ3) is 10.1. The van der Waals surface area contributed by atoms with Crippen molar-refractivity contribution in [3.63, 3.8) is 0 Å². The first-order valence-electron chi connectivity index (χ1n) is 9.30. The molecule has 0 saturated heterocycles. The van der Waals surface area contributed by atoms with Crippen LogP contribution in [0.4, 0.5) is 4.79 Å². The summed E-state index contributed by atoms with van der Waals surface area (Å²) in [6, 6.07) is 7.43. The molecule has 0 atom stereocenters. The third-order valence-corrected chi connectivity index (χ3v) is 4.08. The normalized spacial score (nSPS) is 10.5. The van der Waals surface area contributed by atoms with E-state index >= 15 is 0 Å². The molecule has 0 radical (unpaired) electrons. The van der Waals surface area contributed by atoms with Crippen LogP contribution in [0.15, 0.2) is 24.3 Å². The molecule has 0 heterocycles. The fourth-order valence-electron chi connectivity index (χ4n) is 2.67. The molecule has 0 amide bonds. The number of benzene rings is 1. The predicted molar refractivity (Wildman–Crippen MR) is 96.6 cm³/mol. The van der Waals surface area contributed by atoms with Crippen LogP contribution in [-0.2, 0) is 11.3 Å². The van der Waals surface area contributed by atoms with Gasteiger partial charge >= 0.3 is 6.16 Å². The summed E-state index contributed by atoms with van der Waals surface area (Å²) in [6.07, 6.45) is 11.7. The first-order valence-corrected chi connectivity index (χ1v) is 9.30. The Morgan fingerprint density at radius 1 is 0.917 bits per heavy atom. The summed E-state index contributed by atoms with van der Waals surface area (Å²) in [4.78, 5) is 10.5. The van der Waals surface area contributed by atoms with Gasteiger partial charge in [-0.1, -0.05) is 82.9 Å². The van der Waals surface area contributed by atoms with Crippen LogP contribution in [0.25, 0.3) is 0 Å². The number of unbranched alkanes of at least 4 members (excludes halogenated alkanes) is 9. The molecule has 1 aromatic rings. The van der Waals surface area contributed by atoms with Crippen molar-refractivity contribution in [1.82, 2.24) is 0 Å². The van der Waals surface area contributed by atoms with E-state index in [4.69, 9.17) is 9.84 Å². The van der Waals surface area contributed by atoms with E-state index in [9.17, 15) is 4.79 Å². The molecule has 24 heavy (non-hydrogen) atoms. The Bertz CT molecular complexity index is 445. The van der Waals surface area contributed by atoms with E-state index in [1.54, 1.807) is 0 Å². The molecule has 0 aliphatic carbocycles. The maximum absolute atomic E-state index is 10.5. The van der Waals surface area contributed by atoms with E-state index in [1.165, 1.54) is 57.8 Å². The molecular weight excluding hydrogens is 304 g/mol. The second-order valence-corrected chi connectivity index (χ2v) is 6.19. The number of carboxylic acid groups (broad SMARTS) is 1. The summed E-state index contributed by atoms with van der Waals surface area (Å²) in [5, 5.41) is 8.58. The highest BCUT2D eigenvalue weighted by atomic mass is 16.7. The average molecular weight is 336 g/mol. The van der Waals surface area contributed by atoms with Gasteiger partial charge in [0.2, 0.25) is 0 Å². The Labute approximate surface area is 146 Å². The number of hydrogen-bond acceptors (Lipinski definition) is 3. The average Bonchev–Trinajstić information content (AvgIpc) is 2.58. The van der Waals surface area contributed by atoms with E-state index in [-0.39, 0.29) is 6.61 Å². The predicted octanol–water partition coefficient (Wildman–Crippen LogP) is 6.18. The minimum absolute atomic E-state index is 0.0313. The summed E-state index contributed by atoms with van der Waals surface area (Å²) < 4.78 is 10.4. The van der Waals surface area contributed by atoms with E-state index in [0.29, 0.717) is 6.61 Å². The van der Waals surface area contributed by atoms with Gasteiger partial charge in [0.25, 0.3) is 0 Å². The number of para-hydroxylation sites is 1. The quantitative estimate of drug-likeness (QED) is 0.325. The van der Waals surface area contributed by atoms with Crippen LogP contribution in [0.3, 0.4) is 0 Å². The first-order chi connectivity index (χ1) is 11.7. The van der Waals surface area contributed by atoms with Gasteiger partial charge in [-0.2, -0.15) is 0 Å². The third-order valence-electron chi connectivity index (χ3n) is 4.08. The minimum Gasteiger partial charge on any atom is -0.493 e.